The Balaban J connectivity index is 1.74. The van der Waals surface area contributed by atoms with Crippen LogP contribution in [0.2, 0.25) is 0 Å². The zero-order valence-electron chi connectivity index (χ0n) is 16.3. The first-order valence-electron chi connectivity index (χ1n) is 9.08. The number of hydrogen-bond acceptors (Lipinski definition) is 6. The third-order valence-corrected chi connectivity index (χ3v) is 6.20. The van der Waals surface area contributed by atoms with Crippen LogP contribution in [0.4, 0.5) is 4.39 Å². The van der Waals surface area contributed by atoms with E-state index in [0.717, 1.165) is 0 Å². The average Bonchev–Trinajstić information content (AvgIpc) is 2.75. The largest absolute Gasteiger partial charge is 0.288 e. The Kier molecular flexibility index (Phi) is 5.61. The van der Waals surface area contributed by atoms with Gasteiger partial charge in [-0.3, -0.25) is 9.36 Å². The van der Waals surface area contributed by atoms with Gasteiger partial charge < -0.3 is 0 Å². The molecule has 0 amide bonds. The van der Waals surface area contributed by atoms with Gasteiger partial charge in [-0.25, -0.2) is 27.9 Å². The van der Waals surface area contributed by atoms with E-state index in [-0.39, 0.29) is 22.6 Å². The number of fused-ring (bicyclic) bond motifs is 1. The number of pyridine rings is 1. The maximum absolute atomic E-state index is 14.9. The fourth-order valence-electron chi connectivity index (χ4n) is 3.22. The van der Waals surface area contributed by atoms with Gasteiger partial charge in [-0.15, -0.1) is 0 Å². The van der Waals surface area contributed by atoms with Crippen molar-refractivity contribution < 1.29 is 12.8 Å². The van der Waals surface area contributed by atoms with Crippen LogP contribution >= 0.6 is 11.8 Å². The molecule has 2 N–H and O–H groups in total. The Labute approximate surface area is 181 Å². The van der Waals surface area contributed by atoms with Crippen LogP contribution < -0.4 is 10.7 Å². The van der Waals surface area contributed by atoms with Crippen LogP contribution in [0, 0.1) is 5.82 Å². The molecule has 2 aromatic heterocycles. The van der Waals surface area contributed by atoms with E-state index in [4.69, 9.17) is 5.14 Å². The maximum Gasteiger partial charge on any atom is 0.252 e. The quantitative estimate of drug-likeness (QED) is 0.365. The third-order valence-electron chi connectivity index (χ3n) is 4.73. The minimum absolute atomic E-state index is 0.0972. The van der Waals surface area contributed by atoms with Crippen molar-refractivity contribution in [2.75, 3.05) is 6.26 Å². The Hall–Kier alpha value is -3.08. The number of nitrogens with two attached hydrogens (primary N) is 1. The highest BCUT2D eigenvalue weighted by molar-refractivity contribution is 7.98. The topological polar surface area (TPSA) is 108 Å². The van der Waals surface area contributed by atoms with Gasteiger partial charge in [0.25, 0.3) is 5.56 Å². The van der Waals surface area contributed by atoms with Crippen molar-refractivity contribution in [2.45, 2.75) is 16.6 Å². The molecular formula is C21H17FN4O3S2. The molecule has 0 saturated carbocycles. The summed E-state index contributed by atoms with van der Waals surface area (Å²) in [6, 6.07) is 13.4. The molecule has 4 rings (SSSR count). The highest BCUT2D eigenvalue weighted by atomic mass is 32.2. The van der Waals surface area contributed by atoms with Gasteiger partial charge in [0.1, 0.15) is 11.5 Å². The van der Waals surface area contributed by atoms with E-state index in [2.05, 4.69) is 9.97 Å². The van der Waals surface area contributed by atoms with Crippen LogP contribution in [0.5, 0.6) is 0 Å². The van der Waals surface area contributed by atoms with E-state index in [0.29, 0.717) is 27.3 Å². The van der Waals surface area contributed by atoms with Gasteiger partial charge in [0, 0.05) is 23.2 Å². The summed E-state index contributed by atoms with van der Waals surface area (Å²) >= 11 is 1.36. The highest BCUT2D eigenvalue weighted by Gasteiger charge is 2.13. The lowest BCUT2D eigenvalue weighted by atomic mass is 10.0. The van der Waals surface area contributed by atoms with Gasteiger partial charge in [0.15, 0.2) is 5.16 Å². The van der Waals surface area contributed by atoms with Crippen molar-refractivity contribution in [1.29, 1.82) is 0 Å². The molecule has 31 heavy (non-hydrogen) atoms. The van der Waals surface area contributed by atoms with E-state index in [1.807, 2.05) is 6.26 Å². The molecular weight excluding hydrogens is 439 g/mol. The van der Waals surface area contributed by atoms with Crippen molar-refractivity contribution in [1.82, 2.24) is 14.5 Å². The summed E-state index contributed by atoms with van der Waals surface area (Å²) in [6.45, 7) is 0.120. The van der Waals surface area contributed by atoms with Gasteiger partial charge in [0.2, 0.25) is 10.0 Å². The number of primary sulfonamides is 1. The molecule has 0 spiro atoms. The lowest BCUT2D eigenvalue weighted by molar-refractivity contribution is 0.597. The van der Waals surface area contributed by atoms with Crippen LogP contribution in [0.1, 0.15) is 5.56 Å². The smallest absolute Gasteiger partial charge is 0.252 e. The van der Waals surface area contributed by atoms with Gasteiger partial charge in [-0.05, 0) is 41.6 Å². The molecule has 0 aliphatic carbocycles. The van der Waals surface area contributed by atoms with Crippen molar-refractivity contribution in [3.05, 3.63) is 82.5 Å². The van der Waals surface area contributed by atoms with E-state index in [9.17, 15) is 17.6 Å². The first kappa shape index (κ1) is 21.2. The molecule has 0 bridgehead atoms. The second-order valence-electron chi connectivity index (χ2n) is 6.78. The van der Waals surface area contributed by atoms with Gasteiger partial charge in [-0.2, -0.15) is 0 Å². The van der Waals surface area contributed by atoms with E-state index < -0.39 is 15.8 Å². The summed E-state index contributed by atoms with van der Waals surface area (Å²) < 4.78 is 39.5. The Morgan fingerprint density at radius 3 is 2.65 bits per heavy atom. The minimum atomic E-state index is -3.90. The number of aromatic nitrogens is 3. The number of hydrogen-bond donors (Lipinski definition) is 1. The molecule has 4 aromatic rings. The van der Waals surface area contributed by atoms with Crippen molar-refractivity contribution in [3.63, 3.8) is 0 Å². The predicted octanol–water partition coefficient (Wildman–Crippen LogP) is 3.02. The number of nitrogens with zero attached hydrogens (tertiary/aromatic N) is 3. The van der Waals surface area contributed by atoms with Crippen LogP contribution in [-0.4, -0.2) is 29.2 Å². The minimum Gasteiger partial charge on any atom is -0.288 e. The fourth-order valence-corrected chi connectivity index (χ4v) is 4.12. The number of sulfonamides is 1. The molecule has 0 fully saturated rings. The van der Waals surface area contributed by atoms with Gasteiger partial charge in [0.05, 0.1) is 11.4 Å². The number of thioether (sulfide) groups is 1. The van der Waals surface area contributed by atoms with Crippen molar-refractivity contribution >= 4 is 32.8 Å². The molecule has 7 nitrogen and oxygen atoms in total. The molecule has 2 aromatic carbocycles. The highest BCUT2D eigenvalue weighted by Crippen LogP contribution is 2.26. The van der Waals surface area contributed by atoms with Crippen LogP contribution in [0.15, 0.2) is 75.6 Å². The number of halogens is 1. The summed E-state index contributed by atoms with van der Waals surface area (Å²) in [5.74, 6) is -0.545. The van der Waals surface area contributed by atoms with Crippen molar-refractivity contribution in [3.8, 4) is 11.1 Å². The zero-order valence-corrected chi connectivity index (χ0v) is 18.0. The molecule has 2 heterocycles. The Bertz CT molecular complexity index is 1470. The van der Waals surface area contributed by atoms with Gasteiger partial charge in [-0.1, -0.05) is 36.0 Å². The lowest BCUT2D eigenvalue weighted by Crippen LogP contribution is -2.21. The standard InChI is InChI=1S/C21H17FN4O3S2/c1-30-21-24-11-15-6-8-19(27)26(20(15)25-21)12-13-5-7-17(18(22)9-13)14-3-2-4-16(10-14)31(23,28)29/h2-11H,12H2,1H3,(H2,23,28,29). The van der Waals surface area contributed by atoms with Crippen molar-refractivity contribution in [2.24, 2.45) is 5.14 Å². The molecule has 0 radical (unpaired) electrons. The summed E-state index contributed by atoms with van der Waals surface area (Å²) in [7, 11) is -3.90. The van der Waals surface area contributed by atoms with E-state index >= 15 is 0 Å². The second-order valence-corrected chi connectivity index (χ2v) is 9.12. The molecule has 0 saturated heterocycles. The van der Waals surface area contributed by atoms with Crippen LogP contribution in [0.25, 0.3) is 22.2 Å². The third kappa shape index (κ3) is 4.36. The first-order chi connectivity index (χ1) is 14.8. The summed E-state index contributed by atoms with van der Waals surface area (Å²) in [4.78, 5) is 21.0. The first-order valence-corrected chi connectivity index (χ1v) is 11.9. The Morgan fingerprint density at radius 1 is 1.13 bits per heavy atom. The molecule has 0 aliphatic heterocycles. The van der Waals surface area contributed by atoms with Crippen LogP contribution in [-0.2, 0) is 16.6 Å². The number of rotatable bonds is 5. The summed E-state index contributed by atoms with van der Waals surface area (Å²) in [5.41, 5.74) is 1.38. The average molecular weight is 457 g/mol. The normalized spacial score (nSPS) is 11.7. The maximum atomic E-state index is 14.9. The molecule has 0 atom stereocenters. The van der Waals surface area contributed by atoms with E-state index in [1.54, 1.807) is 30.5 Å². The fraction of sp³-hybridized carbons (Fsp3) is 0.0952. The number of benzene rings is 2. The molecule has 0 unspecified atom stereocenters. The Morgan fingerprint density at radius 2 is 1.94 bits per heavy atom. The molecule has 0 aliphatic rings. The molecule has 10 heteroatoms. The SMILES string of the molecule is CSc1ncc2ccc(=O)n(Cc3ccc(-c4cccc(S(N)(=O)=O)c4)c(F)c3)c2n1. The summed E-state index contributed by atoms with van der Waals surface area (Å²) in [5, 5.41) is 6.40. The van der Waals surface area contributed by atoms with Gasteiger partial charge >= 0.3 is 0 Å². The molecule has 158 valence electrons. The van der Waals surface area contributed by atoms with E-state index in [1.165, 1.54) is 46.7 Å². The predicted molar refractivity (Wildman–Crippen MR) is 118 cm³/mol. The zero-order chi connectivity index (χ0) is 22.2. The summed E-state index contributed by atoms with van der Waals surface area (Å²) in [6.07, 6.45) is 3.48. The van der Waals surface area contributed by atoms with Crippen LogP contribution in [0.3, 0.4) is 0 Å². The lowest BCUT2D eigenvalue weighted by Gasteiger charge is -2.11. The second kappa shape index (κ2) is 8.22. The monoisotopic (exact) mass is 456 g/mol.